The van der Waals surface area contributed by atoms with Crippen LogP contribution in [0.5, 0.6) is 5.75 Å². The largest absolute Gasteiger partial charge is 0.494 e. The van der Waals surface area contributed by atoms with Gasteiger partial charge in [-0.2, -0.15) is 8.42 Å². The Bertz CT molecular complexity index is 1610. The van der Waals surface area contributed by atoms with Gasteiger partial charge in [0.15, 0.2) is 11.6 Å². The zero-order valence-electron chi connectivity index (χ0n) is 28.3. The maximum Gasteiger partial charge on any atom is 0.342 e. The Morgan fingerprint density at radius 3 is 1.75 bits per heavy atom. The fourth-order valence-electron chi connectivity index (χ4n) is 6.21. The second-order valence-corrected chi connectivity index (χ2v) is 14.2. The van der Waals surface area contributed by atoms with Crippen molar-refractivity contribution < 1.29 is 31.7 Å². The van der Waals surface area contributed by atoms with Crippen molar-refractivity contribution in [1.82, 2.24) is 0 Å². The summed E-state index contributed by atoms with van der Waals surface area (Å²) in [6.07, 6.45) is 19.3. The highest BCUT2D eigenvalue weighted by Gasteiger charge is 2.36. The maximum atomic E-state index is 13.2. The summed E-state index contributed by atoms with van der Waals surface area (Å²) in [7, 11) is -4.63. The molecule has 0 saturated carbocycles. The quantitative estimate of drug-likeness (QED) is 0.0604. The van der Waals surface area contributed by atoms with Crippen molar-refractivity contribution in [2.45, 2.75) is 121 Å². The van der Waals surface area contributed by atoms with Gasteiger partial charge in [-0.1, -0.05) is 139 Å². The van der Waals surface area contributed by atoms with E-state index < -0.39 is 32.5 Å². The summed E-state index contributed by atoms with van der Waals surface area (Å²) in [5.74, 6) is -1.16. The van der Waals surface area contributed by atoms with Crippen LogP contribution in [-0.2, 0) is 25.5 Å². The Kier molecular flexibility index (Phi) is 14.9. The predicted octanol–water partition coefficient (Wildman–Crippen LogP) is 9.58. The van der Waals surface area contributed by atoms with E-state index in [1.54, 1.807) is 12.1 Å². The molecule has 0 unspecified atom stereocenters. The van der Waals surface area contributed by atoms with Crippen LogP contribution in [0.4, 0.5) is 0 Å². The van der Waals surface area contributed by atoms with E-state index in [1.165, 1.54) is 114 Å². The van der Waals surface area contributed by atoms with Crippen LogP contribution in [0, 0.1) is 0 Å². The first-order valence-electron chi connectivity index (χ1n) is 17.8. The number of aryl methyl sites for hydroxylation is 1. The second kappa shape index (κ2) is 19.3. The Morgan fingerprint density at radius 2 is 1.15 bits per heavy atom. The molecule has 0 bridgehead atoms. The Hall–Kier alpha value is -3.78. The molecule has 258 valence electrons. The number of rotatable bonds is 22. The van der Waals surface area contributed by atoms with Crippen LogP contribution in [0.3, 0.4) is 0 Å². The highest BCUT2D eigenvalue weighted by Crippen LogP contribution is 2.32. The Morgan fingerprint density at radius 1 is 0.604 bits per heavy atom. The monoisotopic (exact) mass is 674 g/mol. The molecule has 0 N–H and O–H groups in total. The standard InChI is InChI=1S/C40H50O7S/c1-2-3-4-5-6-7-8-9-10-11-12-13-14-17-30-46-32-28-26-31(27-29-32)20-18-25-37(41)47-48(44,45)36-24-19-23-35-38(36)40(43)34-22-16-15-21-33(34)39(35)42/h15-16,19,21-24,26-29H,2-14,17-18,20,25,30H2,1H3. The molecule has 1 aliphatic carbocycles. The van der Waals surface area contributed by atoms with E-state index in [1.807, 2.05) is 24.3 Å². The number of ketones is 2. The number of hydrogen-bond donors (Lipinski definition) is 0. The molecule has 0 fully saturated rings. The minimum Gasteiger partial charge on any atom is -0.494 e. The molecule has 0 heterocycles. The molecule has 0 radical (unpaired) electrons. The molecule has 0 amide bonds. The molecule has 4 rings (SSSR count). The lowest BCUT2D eigenvalue weighted by Crippen LogP contribution is -2.25. The average molecular weight is 675 g/mol. The number of carbonyl (C=O) groups is 3. The van der Waals surface area contributed by atoms with Crippen molar-refractivity contribution in [2.24, 2.45) is 0 Å². The van der Waals surface area contributed by atoms with Crippen LogP contribution in [0.25, 0.3) is 0 Å². The SMILES string of the molecule is CCCCCCCCCCCCCCCCOc1ccc(CCCC(=O)OS(=O)(=O)c2cccc3c2C(=O)c2ccccc2C3=O)cc1. The normalized spacial score (nSPS) is 12.4. The van der Waals surface area contributed by atoms with Gasteiger partial charge in [-0.3, -0.25) is 14.4 Å². The van der Waals surface area contributed by atoms with Crippen molar-refractivity contribution in [3.63, 3.8) is 0 Å². The number of fused-ring (bicyclic) bond motifs is 2. The molecular formula is C40H50O7S. The fourth-order valence-corrected chi connectivity index (χ4v) is 7.32. The van der Waals surface area contributed by atoms with E-state index in [0.29, 0.717) is 19.4 Å². The molecule has 48 heavy (non-hydrogen) atoms. The summed E-state index contributed by atoms with van der Waals surface area (Å²) in [5.41, 5.74) is 1.04. The number of unbranched alkanes of at least 4 members (excludes halogenated alkanes) is 13. The molecule has 0 aliphatic heterocycles. The van der Waals surface area contributed by atoms with E-state index in [9.17, 15) is 22.8 Å². The van der Waals surface area contributed by atoms with Gasteiger partial charge in [0, 0.05) is 23.1 Å². The predicted molar refractivity (Wildman–Crippen MR) is 188 cm³/mol. The van der Waals surface area contributed by atoms with Gasteiger partial charge in [-0.05, 0) is 43.0 Å². The molecule has 8 heteroatoms. The lowest BCUT2D eigenvalue weighted by molar-refractivity contribution is -0.133. The summed E-state index contributed by atoms with van der Waals surface area (Å²) in [5, 5.41) is 0. The van der Waals surface area contributed by atoms with E-state index in [0.717, 1.165) is 17.7 Å². The van der Waals surface area contributed by atoms with Crippen molar-refractivity contribution in [3.8, 4) is 5.75 Å². The third kappa shape index (κ3) is 10.9. The third-order valence-corrected chi connectivity index (χ3v) is 10.2. The lowest BCUT2D eigenvalue weighted by atomic mass is 9.84. The molecular weight excluding hydrogens is 625 g/mol. The molecule has 0 spiro atoms. The van der Waals surface area contributed by atoms with Crippen LogP contribution in [-0.4, -0.2) is 32.6 Å². The summed E-state index contributed by atoms with van der Waals surface area (Å²) in [6.45, 7) is 2.95. The minimum atomic E-state index is -4.63. The first-order valence-corrected chi connectivity index (χ1v) is 19.2. The molecule has 0 saturated heterocycles. The van der Waals surface area contributed by atoms with E-state index in [-0.39, 0.29) is 28.7 Å². The van der Waals surface area contributed by atoms with Crippen molar-refractivity contribution >= 4 is 27.7 Å². The minimum absolute atomic E-state index is 0.0252. The van der Waals surface area contributed by atoms with E-state index in [2.05, 4.69) is 6.92 Å². The second-order valence-electron chi connectivity index (χ2n) is 12.7. The first-order chi connectivity index (χ1) is 23.3. The van der Waals surface area contributed by atoms with Crippen LogP contribution >= 0.6 is 0 Å². The number of hydrogen-bond acceptors (Lipinski definition) is 7. The van der Waals surface area contributed by atoms with Gasteiger partial charge in [0.1, 0.15) is 10.6 Å². The molecule has 1 aliphatic rings. The highest BCUT2D eigenvalue weighted by atomic mass is 32.2. The molecule has 3 aromatic rings. The summed E-state index contributed by atoms with van der Waals surface area (Å²) < 4.78 is 36.9. The van der Waals surface area contributed by atoms with Crippen molar-refractivity contribution in [1.29, 1.82) is 0 Å². The van der Waals surface area contributed by atoms with Gasteiger partial charge < -0.3 is 8.92 Å². The summed E-state index contributed by atoms with van der Waals surface area (Å²) in [6, 6.07) is 17.9. The molecule has 0 atom stereocenters. The third-order valence-electron chi connectivity index (χ3n) is 8.92. The highest BCUT2D eigenvalue weighted by molar-refractivity contribution is 7.87. The lowest BCUT2D eigenvalue weighted by Gasteiger charge is -2.19. The van der Waals surface area contributed by atoms with Gasteiger partial charge >= 0.3 is 16.1 Å². The molecule has 7 nitrogen and oxygen atoms in total. The Balaban J connectivity index is 1.10. The van der Waals surface area contributed by atoms with Crippen molar-refractivity contribution in [3.05, 3.63) is 94.5 Å². The van der Waals surface area contributed by atoms with Gasteiger partial charge in [0.05, 0.1) is 12.2 Å². The Labute approximate surface area is 286 Å². The van der Waals surface area contributed by atoms with Gasteiger partial charge in [-0.25, -0.2) is 0 Å². The topological polar surface area (TPSA) is 104 Å². The van der Waals surface area contributed by atoms with Gasteiger partial charge in [-0.15, -0.1) is 0 Å². The first kappa shape index (κ1) is 37.0. The average Bonchev–Trinajstić information content (AvgIpc) is 3.09. The van der Waals surface area contributed by atoms with Crippen LogP contribution in [0.15, 0.2) is 71.6 Å². The van der Waals surface area contributed by atoms with Crippen molar-refractivity contribution in [2.75, 3.05) is 6.61 Å². The zero-order valence-corrected chi connectivity index (χ0v) is 29.2. The number of benzene rings is 3. The van der Waals surface area contributed by atoms with E-state index >= 15 is 0 Å². The number of ether oxygens (including phenoxy) is 1. The van der Waals surface area contributed by atoms with Gasteiger partial charge in [0.2, 0.25) is 0 Å². The zero-order chi connectivity index (χ0) is 34.2. The summed E-state index contributed by atoms with van der Waals surface area (Å²) >= 11 is 0. The number of carbonyl (C=O) groups excluding carboxylic acids is 3. The summed E-state index contributed by atoms with van der Waals surface area (Å²) in [4.78, 5) is 38.2. The van der Waals surface area contributed by atoms with Crippen LogP contribution in [0.1, 0.15) is 147 Å². The van der Waals surface area contributed by atoms with Gasteiger partial charge in [0.25, 0.3) is 0 Å². The smallest absolute Gasteiger partial charge is 0.342 e. The van der Waals surface area contributed by atoms with Crippen LogP contribution in [0.2, 0.25) is 0 Å². The van der Waals surface area contributed by atoms with Crippen LogP contribution < -0.4 is 4.74 Å². The van der Waals surface area contributed by atoms with E-state index in [4.69, 9.17) is 8.92 Å². The molecule has 0 aromatic heterocycles. The fraction of sp³-hybridized carbons (Fsp3) is 0.475. The molecule has 3 aromatic carbocycles. The maximum absolute atomic E-state index is 13.2.